The highest BCUT2D eigenvalue weighted by atomic mass is 32.1. The molecule has 0 spiro atoms. The van der Waals surface area contributed by atoms with Crippen LogP contribution in [0.25, 0.3) is 0 Å². The number of fused-ring (bicyclic) bond motifs is 1. The molecule has 92 valence electrons. The average Bonchev–Trinajstić information content (AvgIpc) is 2.89. The molecule has 1 atom stereocenters. The van der Waals surface area contributed by atoms with Gasteiger partial charge in [0.25, 0.3) is 5.91 Å². The van der Waals surface area contributed by atoms with Crippen LogP contribution < -0.4 is 0 Å². The van der Waals surface area contributed by atoms with E-state index in [1.54, 1.807) is 23.7 Å². The van der Waals surface area contributed by atoms with Crippen LogP contribution in [0.5, 0.6) is 0 Å². The molecule has 0 saturated heterocycles. The minimum absolute atomic E-state index is 0.0348. The molecule has 0 N–H and O–H groups in total. The monoisotopic (exact) mass is 259 g/mol. The van der Waals surface area contributed by atoms with Gasteiger partial charge < -0.3 is 4.90 Å². The number of hydrogen-bond acceptors (Lipinski definition) is 4. The fourth-order valence-electron chi connectivity index (χ4n) is 2.34. The average molecular weight is 259 g/mol. The van der Waals surface area contributed by atoms with Crippen LogP contribution in [0, 0.1) is 0 Å². The molecular weight excluding hydrogens is 246 g/mol. The first kappa shape index (κ1) is 11.3. The lowest BCUT2D eigenvalue weighted by Gasteiger charge is -2.33. The Hall–Kier alpha value is -1.75. The van der Waals surface area contributed by atoms with Gasteiger partial charge in [0.05, 0.1) is 12.2 Å². The molecule has 4 nitrogen and oxygen atoms in total. The zero-order valence-electron chi connectivity index (χ0n) is 10.0. The molecule has 2 aromatic heterocycles. The SMILES string of the molecule is CC1c2ccsc2CCN1C(=O)c1cnccn1. The number of aromatic nitrogens is 2. The first-order chi connectivity index (χ1) is 8.77. The molecule has 1 amide bonds. The van der Waals surface area contributed by atoms with Crippen molar-refractivity contribution in [3.63, 3.8) is 0 Å². The predicted octanol–water partition coefficient (Wildman–Crippen LogP) is 2.30. The molecule has 3 heterocycles. The molecule has 1 aliphatic heterocycles. The summed E-state index contributed by atoms with van der Waals surface area (Å²) in [4.78, 5) is 23.7. The van der Waals surface area contributed by atoms with Gasteiger partial charge in [-0.25, -0.2) is 4.98 Å². The zero-order valence-corrected chi connectivity index (χ0v) is 10.9. The summed E-state index contributed by atoms with van der Waals surface area (Å²) in [5.41, 5.74) is 1.69. The van der Waals surface area contributed by atoms with Gasteiger partial charge >= 0.3 is 0 Å². The Morgan fingerprint density at radius 3 is 3.17 bits per heavy atom. The van der Waals surface area contributed by atoms with Crippen LogP contribution in [-0.4, -0.2) is 27.3 Å². The molecule has 0 aromatic carbocycles. The summed E-state index contributed by atoms with van der Waals surface area (Å²) < 4.78 is 0. The zero-order chi connectivity index (χ0) is 12.5. The summed E-state index contributed by atoms with van der Waals surface area (Å²) in [5.74, 6) is -0.0348. The molecule has 0 fully saturated rings. The maximum Gasteiger partial charge on any atom is 0.274 e. The van der Waals surface area contributed by atoms with Crippen molar-refractivity contribution in [2.45, 2.75) is 19.4 Å². The van der Waals surface area contributed by atoms with Crippen molar-refractivity contribution in [2.75, 3.05) is 6.54 Å². The second-order valence-corrected chi connectivity index (χ2v) is 5.31. The molecule has 0 aliphatic carbocycles. The summed E-state index contributed by atoms with van der Waals surface area (Å²) in [6.45, 7) is 2.82. The Bertz CT molecular complexity index is 567. The van der Waals surface area contributed by atoms with E-state index in [2.05, 4.69) is 28.3 Å². The Morgan fingerprint density at radius 1 is 1.50 bits per heavy atom. The van der Waals surface area contributed by atoms with E-state index in [0.29, 0.717) is 5.69 Å². The Kier molecular flexibility index (Phi) is 2.83. The lowest BCUT2D eigenvalue weighted by molar-refractivity contribution is 0.0673. The van der Waals surface area contributed by atoms with Crippen molar-refractivity contribution in [1.29, 1.82) is 0 Å². The van der Waals surface area contributed by atoms with E-state index in [1.165, 1.54) is 16.6 Å². The largest absolute Gasteiger partial charge is 0.330 e. The van der Waals surface area contributed by atoms with Gasteiger partial charge in [0.1, 0.15) is 5.69 Å². The summed E-state index contributed by atoms with van der Waals surface area (Å²) in [6, 6.07) is 2.23. The molecule has 0 bridgehead atoms. The molecule has 18 heavy (non-hydrogen) atoms. The number of carbonyl (C=O) groups excluding carboxylic acids is 1. The molecule has 1 aliphatic rings. The van der Waals surface area contributed by atoms with E-state index in [-0.39, 0.29) is 11.9 Å². The minimum atomic E-state index is -0.0348. The normalized spacial score (nSPS) is 18.5. The van der Waals surface area contributed by atoms with Crippen molar-refractivity contribution >= 4 is 17.2 Å². The quantitative estimate of drug-likeness (QED) is 0.789. The van der Waals surface area contributed by atoms with E-state index in [0.717, 1.165) is 13.0 Å². The number of hydrogen-bond donors (Lipinski definition) is 0. The highest BCUT2D eigenvalue weighted by molar-refractivity contribution is 7.10. The third-order valence-electron chi connectivity index (χ3n) is 3.32. The summed E-state index contributed by atoms with van der Waals surface area (Å²) in [5, 5.41) is 2.09. The van der Waals surface area contributed by atoms with E-state index in [1.807, 2.05) is 4.90 Å². The molecule has 3 rings (SSSR count). The predicted molar refractivity (Wildman–Crippen MR) is 69.5 cm³/mol. The van der Waals surface area contributed by atoms with Crippen LogP contribution in [0.1, 0.15) is 33.9 Å². The Balaban J connectivity index is 1.89. The second kappa shape index (κ2) is 4.49. The van der Waals surface area contributed by atoms with Gasteiger partial charge in [-0.2, -0.15) is 0 Å². The minimum Gasteiger partial charge on any atom is -0.330 e. The smallest absolute Gasteiger partial charge is 0.274 e. The van der Waals surface area contributed by atoms with Gasteiger partial charge in [-0.05, 0) is 30.4 Å². The van der Waals surface area contributed by atoms with Gasteiger partial charge in [0.2, 0.25) is 0 Å². The van der Waals surface area contributed by atoms with Crippen LogP contribution >= 0.6 is 11.3 Å². The van der Waals surface area contributed by atoms with Gasteiger partial charge in [0, 0.05) is 23.8 Å². The van der Waals surface area contributed by atoms with Crippen molar-refractivity contribution in [1.82, 2.24) is 14.9 Å². The maximum absolute atomic E-state index is 12.4. The fourth-order valence-corrected chi connectivity index (χ4v) is 3.31. The van der Waals surface area contributed by atoms with Crippen LogP contribution in [0.4, 0.5) is 0 Å². The first-order valence-electron chi connectivity index (χ1n) is 5.90. The lowest BCUT2D eigenvalue weighted by atomic mass is 10.0. The van der Waals surface area contributed by atoms with Crippen LogP contribution in [0.15, 0.2) is 30.0 Å². The molecule has 0 radical (unpaired) electrons. The molecule has 2 aromatic rings. The van der Waals surface area contributed by atoms with E-state index >= 15 is 0 Å². The number of amides is 1. The van der Waals surface area contributed by atoms with Crippen LogP contribution in [-0.2, 0) is 6.42 Å². The van der Waals surface area contributed by atoms with Crippen LogP contribution in [0.2, 0.25) is 0 Å². The van der Waals surface area contributed by atoms with Crippen molar-refractivity contribution < 1.29 is 4.79 Å². The Morgan fingerprint density at radius 2 is 2.39 bits per heavy atom. The van der Waals surface area contributed by atoms with Crippen molar-refractivity contribution in [3.8, 4) is 0 Å². The lowest BCUT2D eigenvalue weighted by Crippen LogP contribution is -2.38. The van der Waals surface area contributed by atoms with Crippen molar-refractivity contribution in [2.24, 2.45) is 0 Å². The third kappa shape index (κ3) is 1.80. The molecule has 5 heteroatoms. The highest BCUT2D eigenvalue weighted by Crippen LogP contribution is 2.33. The highest BCUT2D eigenvalue weighted by Gasteiger charge is 2.29. The Labute approximate surface area is 109 Å². The first-order valence-corrected chi connectivity index (χ1v) is 6.78. The van der Waals surface area contributed by atoms with Crippen LogP contribution in [0.3, 0.4) is 0 Å². The fraction of sp³-hybridized carbons (Fsp3) is 0.308. The topological polar surface area (TPSA) is 46.1 Å². The number of carbonyl (C=O) groups is 1. The second-order valence-electron chi connectivity index (χ2n) is 4.31. The molecule has 1 unspecified atom stereocenters. The van der Waals surface area contributed by atoms with E-state index < -0.39 is 0 Å². The maximum atomic E-state index is 12.4. The van der Waals surface area contributed by atoms with Gasteiger partial charge in [-0.3, -0.25) is 9.78 Å². The number of rotatable bonds is 1. The standard InChI is InChI=1S/C13H13N3OS/c1-9-10-3-7-18-12(10)2-6-16(9)13(17)11-8-14-4-5-15-11/h3-5,7-9H,2,6H2,1H3. The van der Waals surface area contributed by atoms with Crippen molar-refractivity contribution in [3.05, 3.63) is 46.2 Å². The number of thiophene rings is 1. The van der Waals surface area contributed by atoms with E-state index in [4.69, 9.17) is 0 Å². The molecular formula is C13H13N3OS. The van der Waals surface area contributed by atoms with Gasteiger partial charge in [-0.1, -0.05) is 0 Å². The van der Waals surface area contributed by atoms with Gasteiger partial charge in [-0.15, -0.1) is 11.3 Å². The van der Waals surface area contributed by atoms with Gasteiger partial charge in [0.15, 0.2) is 0 Å². The summed E-state index contributed by atoms with van der Waals surface area (Å²) in [7, 11) is 0. The van der Waals surface area contributed by atoms with E-state index in [9.17, 15) is 4.79 Å². The summed E-state index contributed by atoms with van der Waals surface area (Å²) >= 11 is 1.77. The number of nitrogens with zero attached hydrogens (tertiary/aromatic N) is 3. The third-order valence-corrected chi connectivity index (χ3v) is 4.32. The molecule has 0 saturated carbocycles. The summed E-state index contributed by atoms with van der Waals surface area (Å²) in [6.07, 6.45) is 5.59.